The molecule has 2 heterocycles. The Hall–Kier alpha value is -3.16. The van der Waals surface area contributed by atoms with Crippen LogP contribution >= 0.6 is 0 Å². The molecule has 7 nitrogen and oxygen atoms in total. The summed E-state index contributed by atoms with van der Waals surface area (Å²) < 4.78 is 7.36. The van der Waals surface area contributed by atoms with Crippen molar-refractivity contribution in [2.45, 2.75) is 31.5 Å². The third-order valence-electron chi connectivity index (χ3n) is 5.72. The number of hydrogen-bond donors (Lipinski definition) is 2. The number of nitrogens with zero attached hydrogens (tertiary/aromatic N) is 3. The summed E-state index contributed by atoms with van der Waals surface area (Å²) in [6.07, 6.45) is 2.93. The van der Waals surface area contributed by atoms with E-state index in [1.807, 2.05) is 59.3 Å². The van der Waals surface area contributed by atoms with Gasteiger partial charge in [0, 0.05) is 32.8 Å². The minimum atomic E-state index is -0.673. The van der Waals surface area contributed by atoms with E-state index in [-0.39, 0.29) is 11.9 Å². The van der Waals surface area contributed by atoms with Crippen LogP contribution in [0.25, 0.3) is 0 Å². The molecule has 0 radical (unpaired) electrons. The molecule has 4 rings (SSSR count). The van der Waals surface area contributed by atoms with Crippen molar-refractivity contribution in [2.24, 2.45) is 0 Å². The zero-order chi connectivity index (χ0) is 21.6. The van der Waals surface area contributed by atoms with Crippen molar-refractivity contribution in [1.82, 2.24) is 14.7 Å². The fourth-order valence-corrected chi connectivity index (χ4v) is 4.15. The van der Waals surface area contributed by atoms with Gasteiger partial charge in [-0.25, -0.2) is 4.68 Å². The Morgan fingerprint density at radius 1 is 1.16 bits per heavy atom. The first-order valence-electron chi connectivity index (χ1n) is 10.6. The maximum Gasteiger partial charge on any atom is 0.259 e. The van der Waals surface area contributed by atoms with Crippen molar-refractivity contribution in [3.63, 3.8) is 0 Å². The van der Waals surface area contributed by atoms with E-state index in [4.69, 9.17) is 4.74 Å². The Bertz CT molecular complexity index is 997. The van der Waals surface area contributed by atoms with Crippen LogP contribution in [0.4, 0.5) is 5.82 Å². The number of methoxy groups -OCH3 is 1. The topological polar surface area (TPSA) is 79.6 Å². The number of carbonyl (C=O) groups excluding carboxylic acids is 1. The van der Waals surface area contributed by atoms with Gasteiger partial charge in [-0.2, -0.15) is 5.10 Å². The second-order valence-electron chi connectivity index (χ2n) is 7.85. The Balaban J connectivity index is 1.37. The van der Waals surface area contributed by atoms with Crippen molar-refractivity contribution >= 4 is 11.7 Å². The van der Waals surface area contributed by atoms with Crippen LogP contribution in [0.3, 0.4) is 0 Å². The van der Waals surface area contributed by atoms with E-state index < -0.39 is 6.10 Å². The van der Waals surface area contributed by atoms with Gasteiger partial charge < -0.3 is 15.2 Å². The summed E-state index contributed by atoms with van der Waals surface area (Å²) >= 11 is 0. The van der Waals surface area contributed by atoms with Crippen LogP contribution in [-0.4, -0.2) is 45.9 Å². The molecule has 1 amide bonds. The second kappa shape index (κ2) is 9.76. The number of likely N-dealkylation sites (tertiary alicyclic amines) is 1. The molecule has 1 aliphatic heterocycles. The van der Waals surface area contributed by atoms with E-state index >= 15 is 0 Å². The summed E-state index contributed by atoms with van der Waals surface area (Å²) in [5.74, 6) is 0.778. The Kier molecular flexibility index (Phi) is 6.64. The first-order chi connectivity index (χ1) is 15.1. The lowest BCUT2D eigenvalue weighted by molar-refractivity contribution is -0.126. The van der Waals surface area contributed by atoms with Crippen LogP contribution in [0.5, 0.6) is 5.75 Å². The quantitative estimate of drug-likeness (QED) is 0.609. The molecule has 1 saturated heterocycles. The molecule has 31 heavy (non-hydrogen) atoms. The molecular weight excluding hydrogens is 392 g/mol. The molecule has 2 aromatic carbocycles. The average Bonchev–Trinajstić information content (AvgIpc) is 3.23. The molecule has 162 valence electrons. The van der Waals surface area contributed by atoms with E-state index in [0.29, 0.717) is 11.6 Å². The number of ether oxygens (including phenoxy) is 1. The van der Waals surface area contributed by atoms with Crippen LogP contribution < -0.4 is 5.32 Å². The largest absolute Gasteiger partial charge is 0.508 e. The Morgan fingerprint density at radius 3 is 2.65 bits per heavy atom. The highest BCUT2D eigenvalue weighted by Crippen LogP contribution is 2.27. The van der Waals surface area contributed by atoms with Crippen molar-refractivity contribution in [3.8, 4) is 5.75 Å². The Morgan fingerprint density at radius 2 is 1.94 bits per heavy atom. The normalized spacial score (nSPS) is 16.2. The van der Waals surface area contributed by atoms with Gasteiger partial charge >= 0.3 is 0 Å². The molecule has 3 aromatic rings. The van der Waals surface area contributed by atoms with Crippen molar-refractivity contribution < 1.29 is 14.6 Å². The highest BCUT2D eigenvalue weighted by Gasteiger charge is 2.25. The molecule has 0 spiro atoms. The third kappa shape index (κ3) is 5.13. The van der Waals surface area contributed by atoms with Crippen molar-refractivity contribution in [3.05, 3.63) is 78.0 Å². The molecule has 1 aromatic heterocycles. The predicted octanol–water partition coefficient (Wildman–Crippen LogP) is 3.75. The van der Waals surface area contributed by atoms with Gasteiger partial charge in [-0.05, 0) is 36.1 Å². The number of aromatic hydroxyl groups is 1. The van der Waals surface area contributed by atoms with Gasteiger partial charge in [0.05, 0.1) is 12.2 Å². The monoisotopic (exact) mass is 420 g/mol. The van der Waals surface area contributed by atoms with Crippen molar-refractivity contribution in [2.75, 3.05) is 25.5 Å². The van der Waals surface area contributed by atoms with Gasteiger partial charge in [-0.1, -0.05) is 42.5 Å². The summed E-state index contributed by atoms with van der Waals surface area (Å²) in [6.45, 7) is 2.67. The van der Waals surface area contributed by atoms with Gasteiger partial charge in [-0.3, -0.25) is 9.69 Å². The summed E-state index contributed by atoms with van der Waals surface area (Å²) in [4.78, 5) is 15.2. The highest BCUT2D eigenvalue weighted by atomic mass is 16.5. The van der Waals surface area contributed by atoms with Gasteiger partial charge in [-0.15, -0.1) is 0 Å². The maximum absolute atomic E-state index is 12.9. The number of nitrogens with one attached hydrogen (secondary N) is 1. The smallest absolute Gasteiger partial charge is 0.259 e. The summed E-state index contributed by atoms with van der Waals surface area (Å²) in [5, 5.41) is 17.1. The number of hydrogen-bond acceptors (Lipinski definition) is 5. The van der Waals surface area contributed by atoms with E-state index in [0.717, 1.165) is 43.6 Å². The van der Waals surface area contributed by atoms with E-state index in [2.05, 4.69) is 15.3 Å². The van der Waals surface area contributed by atoms with Gasteiger partial charge in [0.25, 0.3) is 5.91 Å². The summed E-state index contributed by atoms with van der Waals surface area (Å²) in [5.41, 5.74) is 1.92. The molecule has 1 fully saturated rings. The van der Waals surface area contributed by atoms with Crippen LogP contribution in [0.2, 0.25) is 0 Å². The lowest BCUT2D eigenvalue weighted by atomic mass is 10.0. The van der Waals surface area contributed by atoms with E-state index in [9.17, 15) is 9.90 Å². The minimum absolute atomic E-state index is 0.211. The average molecular weight is 421 g/mol. The van der Waals surface area contributed by atoms with Crippen LogP contribution in [-0.2, 0) is 16.1 Å². The van der Waals surface area contributed by atoms with Gasteiger partial charge in [0.1, 0.15) is 11.6 Å². The first kappa shape index (κ1) is 21.1. The lowest BCUT2D eigenvalue weighted by Crippen LogP contribution is -2.35. The number of aromatic nitrogens is 2. The fourth-order valence-electron chi connectivity index (χ4n) is 4.15. The minimum Gasteiger partial charge on any atom is -0.508 e. The number of benzene rings is 2. The number of phenols is 1. The molecule has 0 aliphatic carbocycles. The van der Waals surface area contributed by atoms with E-state index in [1.54, 1.807) is 12.3 Å². The summed E-state index contributed by atoms with van der Waals surface area (Å²) in [7, 11) is 1.54. The van der Waals surface area contributed by atoms with Crippen LogP contribution in [0.1, 0.15) is 36.1 Å². The molecule has 0 unspecified atom stereocenters. The first-order valence-corrected chi connectivity index (χ1v) is 10.6. The molecule has 1 atom stereocenters. The number of amides is 1. The number of anilines is 1. The van der Waals surface area contributed by atoms with Crippen molar-refractivity contribution in [1.29, 1.82) is 0 Å². The third-order valence-corrected chi connectivity index (χ3v) is 5.72. The fraction of sp³-hybridized carbons (Fsp3) is 0.333. The standard InChI is InChI=1S/C24H28N4O3/c1-31-23(19-7-3-2-4-8-19)24(30)26-22-10-13-25-28(22)20-11-14-27(15-12-20)17-18-6-5-9-21(29)16-18/h2-10,13,16,20,23,29H,11-12,14-15,17H2,1H3,(H,26,30)/t23-/m0/s1. The van der Waals surface area contributed by atoms with Crippen LogP contribution in [0.15, 0.2) is 66.9 Å². The lowest BCUT2D eigenvalue weighted by Gasteiger charge is -2.32. The zero-order valence-electron chi connectivity index (χ0n) is 17.6. The van der Waals surface area contributed by atoms with Crippen LogP contribution in [0, 0.1) is 0 Å². The van der Waals surface area contributed by atoms with Gasteiger partial charge in [0.15, 0.2) is 6.10 Å². The van der Waals surface area contributed by atoms with E-state index in [1.165, 1.54) is 7.11 Å². The molecule has 7 heteroatoms. The maximum atomic E-state index is 12.9. The molecule has 0 bridgehead atoms. The number of rotatable bonds is 7. The highest BCUT2D eigenvalue weighted by molar-refractivity contribution is 5.94. The zero-order valence-corrected chi connectivity index (χ0v) is 17.6. The molecule has 2 N–H and O–H groups in total. The summed E-state index contributed by atoms with van der Waals surface area (Å²) in [6, 6.07) is 18.9. The molecule has 1 aliphatic rings. The second-order valence-corrected chi connectivity index (χ2v) is 7.85. The SMILES string of the molecule is CO[C@H](C(=O)Nc1ccnn1C1CCN(Cc2cccc(O)c2)CC1)c1ccccc1. The molecule has 0 saturated carbocycles. The Labute approximate surface area is 182 Å². The number of piperidine rings is 1. The molecular formula is C24H28N4O3. The predicted molar refractivity (Wildman–Crippen MR) is 119 cm³/mol. The number of phenolic OH excluding ortho intramolecular Hbond substituents is 1. The number of carbonyl (C=O) groups is 1. The van der Waals surface area contributed by atoms with Gasteiger partial charge in [0.2, 0.25) is 0 Å².